The van der Waals surface area contributed by atoms with Crippen molar-refractivity contribution in [3.05, 3.63) is 47.0 Å². The van der Waals surface area contributed by atoms with Crippen molar-refractivity contribution in [2.75, 3.05) is 0 Å². The van der Waals surface area contributed by atoms with Gasteiger partial charge in [-0.3, -0.25) is 9.89 Å². The van der Waals surface area contributed by atoms with Crippen LogP contribution in [-0.2, 0) is 28.1 Å². The minimum Gasteiger partial charge on any atom is -0.329 e. The monoisotopic (exact) mass is 473 g/mol. The first-order valence-corrected chi connectivity index (χ1v) is 5.90. The molecule has 0 radical (unpaired) electrons. The van der Waals surface area contributed by atoms with Crippen LogP contribution in [0.3, 0.4) is 0 Å². The smallest absolute Gasteiger partial charge is 0.329 e. The minimum atomic E-state index is -0.393. The van der Waals surface area contributed by atoms with Gasteiger partial charge in [-0.25, -0.2) is 0 Å². The molecular formula is C13H10N6NaOW-. The molecule has 7 nitrogen and oxygen atoms in total. The average molecular weight is 473 g/mol. The molecule has 9 heteroatoms. The number of carbonyl (C=O) groups is 1. The second-order valence-electron chi connectivity index (χ2n) is 4.27. The van der Waals surface area contributed by atoms with Crippen molar-refractivity contribution in [1.82, 2.24) is 25.2 Å². The summed E-state index contributed by atoms with van der Waals surface area (Å²) in [6.07, 6.45) is 3.39. The van der Waals surface area contributed by atoms with Crippen LogP contribution < -0.4 is 29.6 Å². The van der Waals surface area contributed by atoms with E-state index in [0.717, 1.165) is 16.3 Å². The molecule has 0 aliphatic heterocycles. The maximum absolute atomic E-state index is 12.2. The summed E-state index contributed by atoms with van der Waals surface area (Å²) in [5.41, 5.74) is 1.32. The molecule has 0 aliphatic rings. The number of hydrogen-bond donors (Lipinski definition) is 0. The van der Waals surface area contributed by atoms with Gasteiger partial charge in [-0.05, 0) is 13.2 Å². The van der Waals surface area contributed by atoms with Crippen LogP contribution in [0.4, 0.5) is 5.95 Å². The first-order chi connectivity index (χ1) is 9.66. The summed E-state index contributed by atoms with van der Waals surface area (Å²) in [4.78, 5) is 16.2. The van der Waals surface area contributed by atoms with Gasteiger partial charge in [-0.1, -0.05) is 18.6 Å². The molecule has 1 amide bonds. The van der Waals surface area contributed by atoms with Crippen LogP contribution in [0.1, 0.15) is 15.9 Å². The molecule has 0 N–H and O–H groups in total. The van der Waals surface area contributed by atoms with Crippen LogP contribution in [-0.4, -0.2) is 31.1 Å². The van der Waals surface area contributed by atoms with Crippen LogP contribution in [0.25, 0.3) is 16.1 Å². The number of nitrogens with zero attached hydrogens (tertiary/aromatic N) is 6. The molecule has 106 valence electrons. The van der Waals surface area contributed by atoms with E-state index in [1.165, 1.54) is 4.68 Å². The van der Waals surface area contributed by atoms with Crippen LogP contribution >= 0.6 is 0 Å². The van der Waals surface area contributed by atoms with E-state index in [2.05, 4.69) is 31.9 Å². The third-order valence-corrected chi connectivity index (χ3v) is 3.03. The molecule has 1 aromatic carbocycles. The zero-order valence-electron chi connectivity index (χ0n) is 12.3. The first-order valence-electron chi connectivity index (χ1n) is 5.90. The van der Waals surface area contributed by atoms with Crippen molar-refractivity contribution in [2.24, 2.45) is 7.05 Å². The van der Waals surface area contributed by atoms with E-state index in [1.54, 1.807) is 25.5 Å². The molecule has 0 saturated heterocycles. The number of amides is 1. The van der Waals surface area contributed by atoms with E-state index < -0.39 is 5.91 Å². The standard InChI is InChI=1S/C13H11N6O.Na.W/c1-8-10-5-6-14-7-9(10)3-4-11(8)12(20)15-13-16-17-18-19(13)2;;/h4-7H,1-2H3,(H,15,16,18,20);;/q-1;+1;/p-1. The van der Waals surface area contributed by atoms with E-state index in [-0.39, 0.29) is 56.6 Å². The SMILES string of the molecule is Cc1c(C(=O)[N-]c2nnnn2C)c[c-]c2cnccc12.[Na+].[W]. The molecule has 2 heterocycles. The summed E-state index contributed by atoms with van der Waals surface area (Å²) in [5.74, 6) is -0.223. The Balaban J connectivity index is 0.00000121. The van der Waals surface area contributed by atoms with Gasteiger partial charge in [0.15, 0.2) is 5.91 Å². The van der Waals surface area contributed by atoms with Crippen LogP contribution in [0, 0.1) is 13.0 Å². The molecule has 0 saturated carbocycles. The molecule has 0 fully saturated rings. The zero-order valence-corrected chi connectivity index (χ0v) is 17.2. The van der Waals surface area contributed by atoms with Gasteiger partial charge in [-0.2, -0.15) is 0 Å². The number of carbonyl (C=O) groups excluding carboxylic acids is 1. The predicted molar refractivity (Wildman–Crippen MR) is 71.5 cm³/mol. The zero-order chi connectivity index (χ0) is 14.1. The molecule has 0 bridgehead atoms. The number of aryl methyl sites for hydroxylation is 2. The van der Waals surface area contributed by atoms with Crippen molar-refractivity contribution in [1.29, 1.82) is 0 Å². The summed E-state index contributed by atoms with van der Waals surface area (Å²) in [6.45, 7) is 1.87. The minimum absolute atomic E-state index is 0. The summed E-state index contributed by atoms with van der Waals surface area (Å²) in [7, 11) is 1.62. The van der Waals surface area contributed by atoms with Gasteiger partial charge in [0.05, 0.1) is 5.95 Å². The Hall–Kier alpha value is -1.14. The molecule has 0 spiro atoms. The summed E-state index contributed by atoms with van der Waals surface area (Å²) in [5, 5.41) is 16.4. The average Bonchev–Trinajstić information content (AvgIpc) is 2.85. The van der Waals surface area contributed by atoms with Crippen molar-refractivity contribution in [3.8, 4) is 0 Å². The van der Waals surface area contributed by atoms with Crippen LogP contribution in [0.5, 0.6) is 0 Å². The predicted octanol–water partition coefficient (Wildman–Crippen LogP) is -1.29. The molecule has 22 heavy (non-hydrogen) atoms. The van der Waals surface area contributed by atoms with E-state index >= 15 is 0 Å². The van der Waals surface area contributed by atoms with Gasteiger partial charge in [0.2, 0.25) is 0 Å². The van der Waals surface area contributed by atoms with Crippen molar-refractivity contribution >= 4 is 22.6 Å². The summed E-state index contributed by atoms with van der Waals surface area (Å²) >= 11 is 0. The van der Waals surface area contributed by atoms with Gasteiger partial charge in [0.25, 0.3) is 0 Å². The van der Waals surface area contributed by atoms with Gasteiger partial charge in [-0.15, -0.1) is 38.9 Å². The van der Waals surface area contributed by atoms with Crippen molar-refractivity contribution < 1.29 is 55.4 Å². The van der Waals surface area contributed by atoms with Crippen LogP contribution in [0.15, 0.2) is 24.5 Å². The third-order valence-electron chi connectivity index (χ3n) is 3.03. The Morgan fingerprint density at radius 1 is 1.41 bits per heavy atom. The number of pyridine rings is 1. The molecule has 3 rings (SSSR count). The van der Waals surface area contributed by atoms with E-state index in [0.29, 0.717) is 5.56 Å². The maximum Gasteiger partial charge on any atom is 1.00 e. The number of tetrazole rings is 1. The molecule has 3 aromatic rings. The number of rotatable bonds is 2. The van der Waals surface area contributed by atoms with Gasteiger partial charge >= 0.3 is 29.6 Å². The topological polar surface area (TPSA) is 87.7 Å². The van der Waals surface area contributed by atoms with Gasteiger partial charge < -0.3 is 15.0 Å². The number of fused-ring (bicyclic) bond motifs is 1. The fourth-order valence-electron chi connectivity index (χ4n) is 1.93. The molecule has 0 unspecified atom stereocenters. The summed E-state index contributed by atoms with van der Waals surface area (Å²) in [6, 6.07) is 6.50. The molecule has 0 atom stereocenters. The van der Waals surface area contributed by atoms with Crippen LogP contribution in [0.2, 0.25) is 0 Å². The Labute approximate surface area is 163 Å². The Morgan fingerprint density at radius 2 is 2.18 bits per heavy atom. The molecular weight excluding hydrogens is 463 g/mol. The van der Waals surface area contributed by atoms with E-state index in [1.807, 2.05) is 13.0 Å². The molecule has 0 aliphatic carbocycles. The normalized spacial score (nSPS) is 9.73. The molecule has 2 aromatic heterocycles. The Bertz CT molecular complexity index is 806. The fraction of sp³-hybridized carbons (Fsp3) is 0.154. The van der Waals surface area contributed by atoms with E-state index in [4.69, 9.17) is 0 Å². The van der Waals surface area contributed by atoms with Crippen molar-refractivity contribution in [2.45, 2.75) is 6.92 Å². The maximum atomic E-state index is 12.2. The number of hydrogen-bond acceptors (Lipinski definition) is 5. The second kappa shape index (κ2) is 7.92. The van der Waals surface area contributed by atoms with Crippen molar-refractivity contribution in [3.63, 3.8) is 0 Å². The van der Waals surface area contributed by atoms with Gasteiger partial charge in [0.1, 0.15) is 0 Å². The largest absolute Gasteiger partial charge is 1.00 e. The Kier molecular flexibility index (Phi) is 6.81. The first kappa shape index (κ1) is 18.9. The summed E-state index contributed by atoms with van der Waals surface area (Å²) < 4.78 is 1.34. The fourth-order valence-corrected chi connectivity index (χ4v) is 1.93. The quantitative estimate of drug-likeness (QED) is 0.342. The number of benzene rings is 1. The second-order valence-corrected chi connectivity index (χ2v) is 4.27. The van der Waals surface area contributed by atoms with E-state index in [9.17, 15) is 4.79 Å². The number of aromatic nitrogens is 5. The Morgan fingerprint density at radius 3 is 2.86 bits per heavy atom. The third kappa shape index (κ3) is 3.60. The van der Waals surface area contributed by atoms with Gasteiger partial charge in [0, 0.05) is 27.3 Å².